The zero-order valence-electron chi connectivity index (χ0n) is 10.5. The smallest absolute Gasteiger partial charge is 0.303 e. The van der Waals surface area contributed by atoms with Gasteiger partial charge < -0.3 is 9.47 Å². The molecule has 17 heavy (non-hydrogen) atoms. The molecule has 3 nitrogen and oxygen atoms in total. The Hall–Kier alpha value is -0.780. The fraction of sp³-hybridized carbons (Fsp3) is 0.462. The predicted octanol–water partition coefficient (Wildman–Crippen LogP) is 3.32. The first-order valence-electron chi connectivity index (χ1n) is 5.39. The summed E-state index contributed by atoms with van der Waals surface area (Å²) in [5, 5.41) is 0. The first kappa shape index (κ1) is 14.3. The molecule has 0 aliphatic carbocycles. The third-order valence-electron chi connectivity index (χ3n) is 2.13. The van der Waals surface area contributed by atoms with Gasteiger partial charge in [-0.2, -0.15) is 0 Å². The zero-order chi connectivity index (χ0) is 13.1. The first-order chi connectivity index (χ1) is 7.80. The highest BCUT2D eigenvalue weighted by Crippen LogP contribution is 2.22. The number of carbonyl (C=O) groups excluding carboxylic acids is 1. The molecule has 0 bridgehead atoms. The van der Waals surface area contributed by atoms with Crippen molar-refractivity contribution in [1.29, 1.82) is 0 Å². The van der Waals surface area contributed by atoms with Gasteiger partial charge in [-0.15, -0.1) is 0 Å². The van der Waals surface area contributed by atoms with Crippen LogP contribution in [0.1, 0.15) is 26.3 Å². The highest BCUT2D eigenvalue weighted by molar-refractivity contribution is 14.1. The van der Waals surface area contributed by atoms with Crippen molar-refractivity contribution in [2.24, 2.45) is 0 Å². The Bertz CT molecular complexity index is 413. The second kappa shape index (κ2) is 5.71. The Morgan fingerprint density at radius 3 is 2.59 bits per heavy atom. The van der Waals surface area contributed by atoms with Crippen LogP contribution >= 0.6 is 22.6 Å². The lowest BCUT2D eigenvalue weighted by Gasteiger charge is -2.24. The van der Waals surface area contributed by atoms with Crippen molar-refractivity contribution in [3.05, 3.63) is 27.3 Å². The van der Waals surface area contributed by atoms with Crippen molar-refractivity contribution in [3.8, 4) is 5.75 Å². The molecular weight excluding hydrogens is 331 g/mol. The van der Waals surface area contributed by atoms with Gasteiger partial charge in [0.05, 0.1) is 0 Å². The number of esters is 1. The molecule has 0 heterocycles. The van der Waals surface area contributed by atoms with Gasteiger partial charge in [-0.05, 0) is 67.1 Å². The summed E-state index contributed by atoms with van der Waals surface area (Å²) in [6, 6.07) is 5.97. The van der Waals surface area contributed by atoms with Crippen molar-refractivity contribution in [3.63, 3.8) is 0 Å². The molecule has 0 spiro atoms. The summed E-state index contributed by atoms with van der Waals surface area (Å²) >= 11 is 2.26. The molecule has 0 N–H and O–H groups in total. The van der Waals surface area contributed by atoms with E-state index in [1.165, 1.54) is 10.5 Å². The van der Waals surface area contributed by atoms with Crippen LogP contribution in [0.2, 0.25) is 0 Å². The molecule has 0 aromatic heterocycles. The fourth-order valence-electron chi connectivity index (χ4n) is 1.44. The largest absolute Gasteiger partial charge is 0.489 e. The third-order valence-corrected chi connectivity index (χ3v) is 2.80. The van der Waals surface area contributed by atoms with Crippen LogP contribution in [0.3, 0.4) is 0 Å². The summed E-state index contributed by atoms with van der Waals surface area (Å²) in [4.78, 5) is 10.9. The maximum absolute atomic E-state index is 10.9. The van der Waals surface area contributed by atoms with Crippen LogP contribution in [-0.4, -0.2) is 18.2 Å². The topological polar surface area (TPSA) is 35.5 Å². The first-order valence-corrected chi connectivity index (χ1v) is 6.46. The molecule has 0 fully saturated rings. The molecule has 0 radical (unpaired) electrons. The van der Waals surface area contributed by atoms with E-state index in [1.807, 2.05) is 32.9 Å². The van der Waals surface area contributed by atoms with Gasteiger partial charge in [0.15, 0.2) is 0 Å². The molecule has 4 heteroatoms. The van der Waals surface area contributed by atoms with Gasteiger partial charge in [0.2, 0.25) is 0 Å². The highest BCUT2D eigenvalue weighted by Gasteiger charge is 2.22. The van der Waals surface area contributed by atoms with Crippen LogP contribution < -0.4 is 4.74 Å². The van der Waals surface area contributed by atoms with Crippen molar-refractivity contribution < 1.29 is 14.3 Å². The molecule has 0 saturated carbocycles. The average Bonchev–Trinajstić information content (AvgIpc) is 2.14. The number of benzene rings is 1. The van der Waals surface area contributed by atoms with E-state index in [1.54, 1.807) is 0 Å². The Morgan fingerprint density at radius 1 is 1.41 bits per heavy atom. The van der Waals surface area contributed by atoms with Gasteiger partial charge in [-0.25, -0.2) is 0 Å². The van der Waals surface area contributed by atoms with E-state index in [9.17, 15) is 4.79 Å². The summed E-state index contributed by atoms with van der Waals surface area (Å²) in [7, 11) is 0. The lowest BCUT2D eigenvalue weighted by Crippen LogP contribution is -2.34. The summed E-state index contributed by atoms with van der Waals surface area (Å²) < 4.78 is 12.0. The van der Waals surface area contributed by atoms with Crippen molar-refractivity contribution in [2.45, 2.75) is 33.3 Å². The summed E-state index contributed by atoms with van der Waals surface area (Å²) in [5.74, 6) is 0.531. The minimum Gasteiger partial charge on any atom is -0.489 e. The fourth-order valence-corrected chi connectivity index (χ4v) is 2.09. The van der Waals surface area contributed by atoms with Crippen LogP contribution in [0.25, 0.3) is 0 Å². The molecule has 0 saturated heterocycles. The number of hydrogen-bond donors (Lipinski definition) is 0. The van der Waals surface area contributed by atoms with Gasteiger partial charge >= 0.3 is 5.97 Å². The third kappa shape index (κ3) is 4.93. The van der Waals surface area contributed by atoms with Crippen LogP contribution in [0, 0.1) is 10.5 Å². The monoisotopic (exact) mass is 348 g/mol. The molecule has 1 aromatic carbocycles. The van der Waals surface area contributed by atoms with Gasteiger partial charge in [0, 0.05) is 10.5 Å². The van der Waals surface area contributed by atoms with Crippen LogP contribution in [0.15, 0.2) is 18.2 Å². The van der Waals surface area contributed by atoms with E-state index in [4.69, 9.17) is 9.47 Å². The number of halogens is 1. The molecule has 0 aliphatic rings. The molecule has 0 amide bonds. The molecule has 0 aliphatic heterocycles. The van der Waals surface area contributed by atoms with Gasteiger partial charge in [-0.3, -0.25) is 4.79 Å². The van der Waals surface area contributed by atoms with E-state index < -0.39 is 5.60 Å². The summed E-state index contributed by atoms with van der Waals surface area (Å²) in [6.07, 6.45) is 0. The molecule has 1 rings (SSSR count). The average molecular weight is 348 g/mol. The van der Waals surface area contributed by atoms with Crippen molar-refractivity contribution in [1.82, 2.24) is 0 Å². The normalized spacial score (nSPS) is 11.1. The van der Waals surface area contributed by atoms with Crippen LogP contribution in [0.4, 0.5) is 0 Å². The predicted molar refractivity (Wildman–Crippen MR) is 75.2 cm³/mol. The zero-order valence-corrected chi connectivity index (χ0v) is 12.7. The molecule has 1 aromatic rings. The molecule has 0 unspecified atom stereocenters. The Morgan fingerprint density at radius 2 is 2.06 bits per heavy atom. The summed E-state index contributed by atoms with van der Waals surface area (Å²) in [6.45, 7) is 7.40. The molecular formula is C13H17IO3. The maximum atomic E-state index is 10.9. The van der Waals surface area contributed by atoms with Gasteiger partial charge in [0.1, 0.15) is 18.0 Å². The second-order valence-corrected chi connectivity index (χ2v) is 5.80. The van der Waals surface area contributed by atoms with Crippen LogP contribution in [0.5, 0.6) is 5.75 Å². The Balaban J connectivity index is 2.64. The van der Waals surface area contributed by atoms with Crippen LogP contribution in [-0.2, 0) is 9.53 Å². The molecule has 0 atom stereocenters. The van der Waals surface area contributed by atoms with E-state index >= 15 is 0 Å². The van der Waals surface area contributed by atoms with E-state index in [0.717, 1.165) is 11.3 Å². The van der Waals surface area contributed by atoms with E-state index in [-0.39, 0.29) is 5.97 Å². The lowest BCUT2D eigenvalue weighted by atomic mass is 10.1. The SMILES string of the molecule is CC(=O)OC(C)(C)COc1ccc(I)cc1C. The van der Waals surface area contributed by atoms with Gasteiger partial charge in [-0.1, -0.05) is 0 Å². The maximum Gasteiger partial charge on any atom is 0.303 e. The number of carbonyl (C=O) groups is 1. The van der Waals surface area contributed by atoms with Crippen molar-refractivity contribution >= 4 is 28.6 Å². The second-order valence-electron chi connectivity index (χ2n) is 4.55. The number of hydrogen-bond acceptors (Lipinski definition) is 3. The minimum atomic E-state index is -0.610. The number of rotatable bonds is 4. The van der Waals surface area contributed by atoms with E-state index in [0.29, 0.717) is 6.61 Å². The highest BCUT2D eigenvalue weighted by atomic mass is 127. The Labute approximate surface area is 116 Å². The van der Waals surface area contributed by atoms with E-state index in [2.05, 4.69) is 28.7 Å². The Kier molecular flexibility index (Phi) is 4.80. The summed E-state index contributed by atoms with van der Waals surface area (Å²) in [5.41, 5.74) is 0.469. The molecule has 94 valence electrons. The van der Waals surface area contributed by atoms with Gasteiger partial charge in [0.25, 0.3) is 0 Å². The van der Waals surface area contributed by atoms with Crippen molar-refractivity contribution in [2.75, 3.05) is 6.61 Å². The number of ether oxygens (including phenoxy) is 2. The standard InChI is InChI=1S/C13H17IO3/c1-9-7-11(14)5-6-12(9)16-8-13(3,4)17-10(2)15/h5-7H,8H2,1-4H3. The lowest BCUT2D eigenvalue weighted by molar-refractivity contribution is -0.156. The quantitative estimate of drug-likeness (QED) is 0.619. The number of aryl methyl sites for hydroxylation is 1. The minimum absolute atomic E-state index is 0.294.